The second-order valence-corrected chi connectivity index (χ2v) is 9.69. The average molecular weight is 485 g/mol. The van der Waals surface area contributed by atoms with Crippen molar-refractivity contribution in [3.63, 3.8) is 0 Å². The Hall–Kier alpha value is -3.75. The molecule has 4 aromatic rings. The maximum absolute atomic E-state index is 11.2. The second-order valence-electron chi connectivity index (χ2n) is 9.29. The first-order valence-corrected chi connectivity index (χ1v) is 11.9. The van der Waals surface area contributed by atoms with Gasteiger partial charge in [0.2, 0.25) is 0 Å². The van der Waals surface area contributed by atoms with E-state index in [0.717, 1.165) is 57.3 Å². The molecule has 0 saturated carbocycles. The number of aromatic nitrogens is 4. The van der Waals surface area contributed by atoms with Crippen LogP contribution in [0.25, 0.3) is 38.8 Å². The number of nitrogens with zero attached hydrogens (tertiary/aromatic N) is 6. The second kappa shape index (κ2) is 7.37. The van der Waals surface area contributed by atoms with E-state index in [2.05, 4.69) is 22.1 Å². The minimum atomic E-state index is -0.779. The number of carbonyl (C=O) groups is 1. The monoisotopic (exact) mass is 484 g/mol. The summed E-state index contributed by atoms with van der Waals surface area (Å²) >= 11 is 6.69. The van der Waals surface area contributed by atoms with Crippen molar-refractivity contribution >= 4 is 51.3 Å². The molecule has 2 aromatic carbocycles. The molecular weight excluding hydrogens is 464 g/mol. The highest BCUT2D eigenvalue weighted by Gasteiger charge is 2.49. The molecule has 0 bridgehead atoms. The Kier molecular flexibility index (Phi) is 4.34. The summed E-state index contributed by atoms with van der Waals surface area (Å²) in [5.74, 6) is -0.668. The summed E-state index contributed by atoms with van der Waals surface area (Å²) < 4.78 is 3.70. The van der Waals surface area contributed by atoms with E-state index in [-0.39, 0.29) is 12.1 Å². The predicted octanol–water partition coefficient (Wildman–Crippen LogP) is 4.21. The third kappa shape index (κ3) is 3.10. The minimum absolute atomic E-state index is 0.00926. The molecule has 8 nitrogen and oxygen atoms in total. The molecule has 3 aliphatic rings. The number of allylic oxidation sites excluding steroid dienone is 1. The maximum Gasteiger partial charge on any atom is 0.332 e. The van der Waals surface area contributed by atoms with Crippen molar-refractivity contribution in [3.05, 3.63) is 64.8 Å². The summed E-state index contributed by atoms with van der Waals surface area (Å²) in [7, 11) is 1.92. The van der Waals surface area contributed by atoms with Gasteiger partial charge in [0.15, 0.2) is 0 Å². The van der Waals surface area contributed by atoms with Gasteiger partial charge in [0.05, 0.1) is 21.8 Å². The minimum Gasteiger partial charge on any atom is -0.478 e. The fraction of sp³-hybridized carbons (Fsp3) is 0.231. The number of para-hydroxylation sites is 1. The molecule has 1 saturated heterocycles. The van der Waals surface area contributed by atoms with Crippen molar-refractivity contribution in [2.45, 2.75) is 12.6 Å². The third-order valence-electron chi connectivity index (χ3n) is 7.21. The van der Waals surface area contributed by atoms with Crippen LogP contribution in [0.3, 0.4) is 0 Å². The van der Waals surface area contributed by atoms with Crippen LogP contribution in [-0.4, -0.2) is 61.0 Å². The number of aryl methyl sites for hydroxylation is 1. The molecule has 0 spiro atoms. The number of aliphatic imine (C=N–C) groups is 1. The number of fused-ring (bicyclic) bond motifs is 3. The first-order valence-electron chi connectivity index (χ1n) is 11.5. The van der Waals surface area contributed by atoms with Crippen LogP contribution in [0, 0.1) is 5.92 Å². The summed E-state index contributed by atoms with van der Waals surface area (Å²) in [6, 6.07) is 11.9. The summed E-state index contributed by atoms with van der Waals surface area (Å²) in [5.41, 5.74) is 6.16. The van der Waals surface area contributed by atoms with Crippen molar-refractivity contribution in [1.29, 1.82) is 0 Å². The molecule has 1 aliphatic carbocycles. The maximum atomic E-state index is 11.2. The van der Waals surface area contributed by atoms with Gasteiger partial charge in [0.1, 0.15) is 11.9 Å². The van der Waals surface area contributed by atoms with Gasteiger partial charge in [0, 0.05) is 66.8 Å². The molecule has 1 fully saturated rings. The summed E-state index contributed by atoms with van der Waals surface area (Å²) in [6.45, 7) is 1.42. The number of rotatable bonds is 4. The molecule has 7 rings (SSSR count). The molecule has 2 aliphatic heterocycles. The van der Waals surface area contributed by atoms with Crippen molar-refractivity contribution < 1.29 is 9.90 Å². The molecule has 2 unspecified atom stereocenters. The molecule has 0 radical (unpaired) electrons. The van der Waals surface area contributed by atoms with Crippen LogP contribution < -0.4 is 0 Å². The largest absolute Gasteiger partial charge is 0.478 e. The van der Waals surface area contributed by atoms with E-state index in [4.69, 9.17) is 21.7 Å². The van der Waals surface area contributed by atoms with E-state index in [1.807, 2.05) is 59.2 Å². The lowest BCUT2D eigenvalue weighted by atomic mass is 10.0. The molecule has 35 heavy (non-hydrogen) atoms. The van der Waals surface area contributed by atoms with Gasteiger partial charge in [-0.25, -0.2) is 9.48 Å². The Morgan fingerprint density at radius 2 is 2.00 bits per heavy atom. The summed E-state index contributed by atoms with van der Waals surface area (Å²) in [4.78, 5) is 18.3. The van der Waals surface area contributed by atoms with Gasteiger partial charge >= 0.3 is 5.97 Å². The number of halogens is 1. The number of hydrogen-bond donors (Lipinski definition) is 1. The summed E-state index contributed by atoms with van der Waals surface area (Å²) in [5, 5.41) is 21.4. The normalized spacial score (nSPS) is 21.7. The van der Waals surface area contributed by atoms with Gasteiger partial charge in [-0.3, -0.25) is 14.6 Å². The molecule has 174 valence electrons. The molecule has 2 atom stereocenters. The quantitative estimate of drug-likeness (QED) is 0.468. The van der Waals surface area contributed by atoms with Crippen LogP contribution in [0.4, 0.5) is 0 Å². The van der Waals surface area contributed by atoms with Crippen LogP contribution >= 0.6 is 11.6 Å². The molecule has 1 N–H and O–H groups in total. The Labute approximate surface area is 205 Å². The highest BCUT2D eigenvalue weighted by molar-refractivity contribution is 6.36. The zero-order valence-corrected chi connectivity index (χ0v) is 19.6. The van der Waals surface area contributed by atoms with Gasteiger partial charge in [-0.2, -0.15) is 10.2 Å². The molecular formula is C26H21ClN6O2. The van der Waals surface area contributed by atoms with E-state index < -0.39 is 5.97 Å². The number of carboxylic acids is 1. The Morgan fingerprint density at radius 3 is 2.74 bits per heavy atom. The highest BCUT2D eigenvalue weighted by Crippen LogP contribution is 2.46. The van der Waals surface area contributed by atoms with Crippen molar-refractivity contribution in [3.8, 4) is 11.3 Å². The first-order chi connectivity index (χ1) is 17.0. The lowest BCUT2D eigenvalue weighted by Crippen LogP contribution is -2.34. The van der Waals surface area contributed by atoms with Gasteiger partial charge in [-0.05, 0) is 17.7 Å². The standard InChI is InChI=1S/C26H21ClN6O2/c1-31-11-17-15(4-3-7-21(17)29-31)24-16-5-2-6-20(27)25(16)33(30-24)14-8-9-22(28-10-14)32-12-18-19(13-32)23(18)26(34)35/h2-8,10-11,18,22H,9,12-13H2,1H3,(H,34,35). The van der Waals surface area contributed by atoms with Gasteiger partial charge < -0.3 is 5.11 Å². The Bertz CT molecular complexity index is 1660. The number of hydrogen-bond acceptors (Lipinski definition) is 5. The smallest absolute Gasteiger partial charge is 0.332 e. The first kappa shape index (κ1) is 20.6. The van der Waals surface area contributed by atoms with Crippen LogP contribution in [0.2, 0.25) is 5.02 Å². The number of benzene rings is 2. The average Bonchev–Trinajstić information content (AvgIpc) is 3.18. The Balaban J connectivity index is 1.25. The highest BCUT2D eigenvalue weighted by atomic mass is 35.5. The number of dihydropyridines is 1. The zero-order valence-electron chi connectivity index (χ0n) is 18.9. The van der Waals surface area contributed by atoms with E-state index in [1.54, 1.807) is 0 Å². The fourth-order valence-corrected chi connectivity index (χ4v) is 5.77. The van der Waals surface area contributed by atoms with Crippen molar-refractivity contribution in [2.24, 2.45) is 18.0 Å². The van der Waals surface area contributed by atoms with Crippen LogP contribution in [0.5, 0.6) is 0 Å². The third-order valence-corrected chi connectivity index (χ3v) is 7.51. The van der Waals surface area contributed by atoms with E-state index in [9.17, 15) is 9.90 Å². The van der Waals surface area contributed by atoms with E-state index >= 15 is 0 Å². The Morgan fingerprint density at radius 1 is 1.14 bits per heavy atom. The van der Waals surface area contributed by atoms with Crippen molar-refractivity contribution in [1.82, 2.24) is 24.5 Å². The predicted molar refractivity (Wildman–Crippen MR) is 135 cm³/mol. The fourth-order valence-electron chi connectivity index (χ4n) is 5.51. The molecule has 0 amide bonds. The molecule has 4 heterocycles. The SMILES string of the molecule is Cn1cc2c(-c3nn(C4=CCC(N5CC6=C(C(=O)O)C6C5)N=C4)c4c(Cl)cccc34)cccc2n1. The molecule has 9 heteroatoms. The van der Waals surface area contributed by atoms with Gasteiger partial charge in [-0.1, -0.05) is 41.9 Å². The number of aliphatic carboxylic acids is 1. The summed E-state index contributed by atoms with van der Waals surface area (Å²) in [6.07, 6.45) is 6.74. The zero-order chi connectivity index (χ0) is 23.8. The van der Waals surface area contributed by atoms with Crippen molar-refractivity contribution in [2.75, 3.05) is 13.1 Å². The van der Waals surface area contributed by atoms with Crippen LogP contribution in [0.15, 0.2) is 64.8 Å². The number of carboxylic acid groups (broad SMARTS) is 1. The van der Waals surface area contributed by atoms with E-state index in [0.29, 0.717) is 17.1 Å². The number of likely N-dealkylation sites (tertiary alicyclic amines) is 1. The molecule has 2 aromatic heterocycles. The van der Waals surface area contributed by atoms with E-state index in [1.165, 1.54) is 0 Å². The van der Waals surface area contributed by atoms with Gasteiger partial charge in [0.25, 0.3) is 0 Å². The van der Waals surface area contributed by atoms with Crippen LogP contribution in [-0.2, 0) is 11.8 Å². The lowest BCUT2D eigenvalue weighted by molar-refractivity contribution is -0.132. The van der Waals surface area contributed by atoms with Gasteiger partial charge in [-0.15, -0.1) is 0 Å². The van der Waals surface area contributed by atoms with Crippen LogP contribution in [0.1, 0.15) is 6.42 Å². The lowest BCUT2D eigenvalue weighted by Gasteiger charge is -2.26. The topological polar surface area (TPSA) is 88.5 Å².